The van der Waals surface area contributed by atoms with E-state index < -0.39 is 0 Å². The van der Waals surface area contributed by atoms with E-state index in [-0.39, 0.29) is 5.78 Å². The van der Waals surface area contributed by atoms with Gasteiger partial charge in [-0.05, 0) is 18.6 Å². The molecule has 0 spiro atoms. The number of ketones is 1. The molecule has 0 unspecified atom stereocenters. The average molecular weight is 198 g/mol. The van der Waals surface area contributed by atoms with Crippen LogP contribution in [0.5, 0.6) is 0 Å². The molecule has 0 aliphatic heterocycles. The quantitative estimate of drug-likeness (QED) is 0.458. The molecule has 0 saturated heterocycles. The number of hydrogen-bond donors (Lipinski definition) is 1. The smallest absolute Gasteiger partial charge is 0.164 e. The van der Waals surface area contributed by atoms with Crippen molar-refractivity contribution >= 4 is 23.1 Å². The summed E-state index contributed by atoms with van der Waals surface area (Å²) < 4.78 is 0. The fourth-order valence-corrected chi connectivity index (χ4v) is 1.25. The largest absolute Gasteiger partial charge is 0.398 e. The molecule has 0 saturated carbocycles. The first-order valence-electron chi connectivity index (χ1n) is 4.19. The zero-order valence-electron chi connectivity index (χ0n) is 7.29. The maximum Gasteiger partial charge on any atom is 0.164 e. The van der Waals surface area contributed by atoms with E-state index in [4.69, 9.17) is 17.3 Å². The first-order valence-corrected chi connectivity index (χ1v) is 4.73. The highest BCUT2D eigenvalue weighted by Crippen LogP contribution is 2.13. The molecule has 0 amide bonds. The molecule has 3 heteroatoms. The summed E-state index contributed by atoms with van der Waals surface area (Å²) in [6.45, 7) is 0. The van der Waals surface area contributed by atoms with Gasteiger partial charge in [-0.2, -0.15) is 0 Å². The van der Waals surface area contributed by atoms with E-state index in [1.165, 1.54) is 0 Å². The Morgan fingerprint density at radius 1 is 1.38 bits per heavy atom. The molecule has 2 N–H and O–H groups in total. The SMILES string of the molecule is Nc1ccccc1C(=O)CCCCl. The number of rotatable bonds is 4. The molecule has 0 aliphatic rings. The van der Waals surface area contributed by atoms with E-state index in [0.29, 0.717) is 30.0 Å². The van der Waals surface area contributed by atoms with Gasteiger partial charge in [-0.1, -0.05) is 12.1 Å². The zero-order valence-corrected chi connectivity index (χ0v) is 8.05. The number of Topliss-reactive ketones (excluding diaryl/α,β-unsaturated/α-hetero) is 1. The fraction of sp³-hybridized carbons (Fsp3) is 0.300. The third-order valence-corrected chi connectivity index (χ3v) is 2.07. The molecular weight excluding hydrogens is 186 g/mol. The lowest BCUT2D eigenvalue weighted by Crippen LogP contribution is -2.03. The van der Waals surface area contributed by atoms with Gasteiger partial charge in [0.25, 0.3) is 0 Å². The second-order valence-corrected chi connectivity index (χ2v) is 3.18. The lowest BCUT2D eigenvalue weighted by molar-refractivity contribution is 0.0983. The van der Waals surface area contributed by atoms with Gasteiger partial charge in [-0.3, -0.25) is 4.79 Å². The van der Waals surface area contributed by atoms with Crippen LogP contribution < -0.4 is 5.73 Å². The third kappa shape index (κ3) is 2.74. The summed E-state index contributed by atoms with van der Waals surface area (Å²) in [6, 6.07) is 7.10. The topological polar surface area (TPSA) is 43.1 Å². The van der Waals surface area contributed by atoms with Gasteiger partial charge in [-0.25, -0.2) is 0 Å². The Balaban J connectivity index is 2.71. The molecule has 1 rings (SSSR count). The number of para-hydroxylation sites is 1. The van der Waals surface area contributed by atoms with Gasteiger partial charge in [0.2, 0.25) is 0 Å². The number of alkyl halides is 1. The second-order valence-electron chi connectivity index (χ2n) is 2.80. The zero-order chi connectivity index (χ0) is 9.68. The van der Waals surface area contributed by atoms with Crippen molar-refractivity contribution in [3.05, 3.63) is 29.8 Å². The van der Waals surface area contributed by atoms with Gasteiger partial charge in [0.1, 0.15) is 0 Å². The van der Waals surface area contributed by atoms with Crippen LogP contribution in [-0.4, -0.2) is 11.7 Å². The van der Waals surface area contributed by atoms with Crippen LogP contribution in [0.2, 0.25) is 0 Å². The van der Waals surface area contributed by atoms with Crippen molar-refractivity contribution in [3.63, 3.8) is 0 Å². The molecule has 0 aromatic heterocycles. The van der Waals surface area contributed by atoms with Crippen LogP contribution in [0.15, 0.2) is 24.3 Å². The monoisotopic (exact) mass is 197 g/mol. The van der Waals surface area contributed by atoms with Crippen LogP contribution in [0.25, 0.3) is 0 Å². The number of anilines is 1. The number of carbonyl (C=O) groups excluding carboxylic acids is 1. The van der Waals surface area contributed by atoms with Gasteiger partial charge < -0.3 is 5.73 Å². The lowest BCUT2D eigenvalue weighted by atomic mass is 10.1. The molecule has 2 nitrogen and oxygen atoms in total. The number of carbonyl (C=O) groups is 1. The van der Waals surface area contributed by atoms with E-state index in [0.717, 1.165) is 0 Å². The Labute approximate surface area is 82.7 Å². The van der Waals surface area contributed by atoms with Gasteiger partial charge in [0.05, 0.1) is 0 Å². The minimum atomic E-state index is 0.0683. The maximum atomic E-state index is 11.5. The summed E-state index contributed by atoms with van der Waals surface area (Å²) in [6.07, 6.45) is 1.17. The summed E-state index contributed by atoms with van der Waals surface area (Å²) in [5.41, 5.74) is 6.79. The first kappa shape index (κ1) is 10.1. The Morgan fingerprint density at radius 3 is 2.69 bits per heavy atom. The van der Waals surface area contributed by atoms with Gasteiger partial charge in [0, 0.05) is 23.6 Å². The summed E-state index contributed by atoms with van der Waals surface area (Å²) in [5, 5.41) is 0. The van der Waals surface area contributed by atoms with Gasteiger partial charge in [-0.15, -0.1) is 11.6 Å². The second kappa shape index (κ2) is 4.87. The van der Waals surface area contributed by atoms with E-state index in [1.54, 1.807) is 12.1 Å². The van der Waals surface area contributed by atoms with Gasteiger partial charge >= 0.3 is 0 Å². The molecule has 13 heavy (non-hydrogen) atoms. The van der Waals surface area contributed by atoms with Crippen molar-refractivity contribution in [1.82, 2.24) is 0 Å². The summed E-state index contributed by atoms with van der Waals surface area (Å²) in [7, 11) is 0. The van der Waals surface area contributed by atoms with E-state index in [1.807, 2.05) is 12.1 Å². The number of nitrogens with two attached hydrogens (primary N) is 1. The summed E-state index contributed by atoms with van der Waals surface area (Å²) in [4.78, 5) is 11.5. The average Bonchev–Trinajstić information content (AvgIpc) is 2.15. The van der Waals surface area contributed by atoms with Crippen LogP contribution in [-0.2, 0) is 0 Å². The van der Waals surface area contributed by atoms with Crippen molar-refractivity contribution in [3.8, 4) is 0 Å². The van der Waals surface area contributed by atoms with E-state index in [2.05, 4.69) is 0 Å². The fourth-order valence-electron chi connectivity index (χ4n) is 1.11. The third-order valence-electron chi connectivity index (χ3n) is 1.80. The molecule has 0 radical (unpaired) electrons. The van der Waals surface area contributed by atoms with E-state index in [9.17, 15) is 4.79 Å². The number of benzene rings is 1. The highest BCUT2D eigenvalue weighted by atomic mass is 35.5. The van der Waals surface area contributed by atoms with Crippen molar-refractivity contribution in [2.75, 3.05) is 11.6 Å². The van der Waals surface area contributed by atoms with Gasteiger partial charge in [0.15, 0.2) is 5.78 Å². The maximum absolute atomic E-state index is 11.5. The van der Waals surface area contributed by atoms with Crippen molar-refractivity contribution in [1.29, 1.82) is 0 Å². The van der Waals surface area contributed by atoms with E-state index >= 15 is 0 Å². The van der Waals surface area contributed by atoms with Crippen LogP contribution >= 0.6 is 11.6 Å². The molecule has 1 aromatic carbocycles. The summed E-state index contributed by atoms with van der Waals surface area (Å²) in [5.74, 6) is 0.581. The number of hydrogen-bond acceptors (Lipinski definition) is 2. The predicted octanol–water partition coefficient (Wildman–Crippen LogP) is 2.47. The van der Waals surface area contributed by atoms with Crippen molar-refractivity contribution in [2.24, 2.45) is 0 Å². The standard InChI is InChI=1S/C10H12ClNO/c11-7-3-6-10(13)8-4-1-2-5-9(8)12/h1-2,4-5H,3,6-7,12H2. The highest BCUT2D eigenvalue weighted by molar-refractivity contribution is 6.18. The van der Waals surface area contributed by atoms with Crippen LogP contribution in [0.4, 0.5) is 5.69 Å². The van der Waals surface area contributed by atoms with Crippen LogP contribution in [0.1, 0.15) is 23.2 Å². The van der Waals surface area contributed by atoms with Crippen molar-refractivity contribution in [2.45, 2.75) is 12.8 Å². The van der Waals surface area contributed by atoms with Crippen molar-refractivity contribution < 1.29 is 4.79 Å². The van der Waals surface area contributed by atoms with Crippen LogP contribution in [0, 0.1) is 0 Å². The first-order chi connectivity index (χ1) is 6.25. The predicted molar refractivity (Wildman–Crippen MR) is 55.1 cm³/mol. The molecule has 0 heterocycles. The number of halogens is 1. The Kier molecular flexibility index (Phi) is 3.77. The molecular formula is C10H12ClNO. The Bertz CT molecular complexity index is 299. The van der Waals surface area contributed by atoms with Crippen LogP contribution in [0.3, 0.4) is 0 Å². The normalized spacial score (nSPS) is 9.92. The molecule has 0 aliphatic carbocycles. The minimum absolute atomic E-state index is 0.0683. The molecule has 0 fully saturated rings. The Hall–Kier alpha value is -1.02. The summed E-state index contributed by atoms with van der Waals surface area (Å²) >= 11 is 5.49. The molecule has 70 valence electrons. The Morgan fingerprint density at radius 2 is 2.08 bits per heavy atom. The molecule has 0 atom stereocenters. The molecule has 0 bridgehead atoms. The highest BCUT2D eigenvalue weighted by Gasteiger charge is 2.07. The minimum Gasteiger partial charge on any atom is -0.398 e. The number of nitrogen functional groups attached to an aromatic ring is 1. The molecule has 1 aromatic rings. The lowest BCUT2D eigenvalue weighted by Gasteiger charge is -2.02.